The van der Waals surface area contributed by atoms with Crippen molar-refractivity contribution >= 4 is 17.5 Å². The van der Waals surface area contributed by atoms with Gasteiger partial charge in [0.2, 0.25) is 5.91 Å². The van der Waals surface area contributed by atoms with Crippen molar-refractivity contribution in [1.82, 2.24) is 29.4 Å². The minimum absolute atomic E-state index is 0.00780. The van der Waals surface area contributed by atoms with E-state index in [4.69, 9.17) is 0 Å². The van der Waals surface area contributed by atoms with E-state index < -0.39 is 0 Å². The number of carbonyl (C=O) groups excluding carboxylic acids is 2. The number of pyridine rings is 1. The van der Waals surface area contributed by atoms with Crippen molar-refractivity contribution in [3.05, 3.63) is 53.7 Å². The molecule has 1 aliphatic heterocycles. The van der Waals surface area contributed by atoms with Gasteiger partial charge in [-0.25, -0.2) is 4.98 Å². The molecule has 150 valence electrons. The maximum atomic E-state index is 13.2. The van der Waals surface area contributed by atoms with Crippen LogP contribution in [0.1, 0.15) is 40.5 Å². The van der Waals surface area contributed by atoms with Crippen molar-refractivity contribution in [2.75, 3.05) is 13.1 Å². The van der Waals surface area contributed by atoms with Gasteiger partial charge in [-0.15, -0.1) is 0 Å². The maximum absolute atomic E-state index is 13.2. The van der Waals surface area contributed by atoms with E-state index in [1.165, 1.54) is 0 Å². The van der Waals surface area contributed by atoms with Gasteiger partial charge in [-0.3, -0.25) is 14.3 Å². The van der Waals surface area contributed by atoms with Crippen LogP contribution in [0, 0.1) is 12.8 Å². The molecule has 0 bridgehead atoms. The molecule has 0 radical (unpaired) electrons. The summed E-state index contributed by atoms with van der Waals surface area (Å²) in [5.41, 5.74) is 3.30. The number of imidazole rings is 1. The van der Waals surface area contributed by atoms with Crippen LogP contribution in [0.15, 0.2) is 36.8 Å². The summed E-state index contributed by atoms with van der Waals surface area (Å²) in [4.78, 5) is 31.9. The van der Waals surface area contributed by atoms with Gasteiger partial charge >= 0.3 is 0 Å². The fourth-order valence-corrected chi connectivity index (χ4v) is 4.18. The van der Waals surface area contributed by atoms with Gasteiger partial charge < -0.3 is 14.6 Å². The molecule has 1 N–H and O–H groups in total. The van der Waals surface area contributed by atoms with Crippen LogP contribution in [-0.4, -0.2) is 55.0 Å². The summed E-state index contributed by atoms with van der Waals surface area (Å²) < 4.78 is 3.70. The van der Waals surface area contributed by atoms with Crippen molar-refractivity contribution in [2.24, 2.45) is 13.0 Å². The van der Waals surface area contributed by atoms with E-state index in [0.29, 0.717) is 18.8 Å². The zero-order valence-electron chi connectivity index (χ0n) is 16.6. The summed E-state index contributed by atoms with van der Waals surface area (Å²) >= 11 is 0. The second kappa shape index (κ2) is 6.72. The van der Waals surface area contributed by atoms with E-state index >= 15 is 0 Å². The van der Waals surface area contributed by atoms with Crippen LogP contribution in [0.4, 0.5) is 0 Å². The van der Waals surface area contributed by atoms with Crippen LogP contribution < -0.4 is 5.32 Å². The first kappa shape index (κ1) is 17.9. The van der Waals surface area contributed by atoms with Gasteiger partial charge in [0.25, 0.3) is 5.91 Å². The molecule has 2 amide bonds. The van der Waals surface area contributed by atoms with Crippen molar-refractivity contribution in [2.45, 2.75) is 31.7 Å². The van der Waals surface area contributed by atoms with Crippen LogP contribution in [0.25, 0.3) is 5.65 Å². The standard InChI is InChI=1S/C21H24N6O2/c1-13-3-6-19-23-17(12-26(19)9-13)21(29)27-10-15(18-7-8-22-25(18)2)16(11-27)24-20(28)14-4-5-14/h3,6-9,12,14-16H,4-5,10-11H2,1-2H3,(H,24,28)/t15-,16-/m1/s1. The summed E-state index contributed by atoms with van der Waals surface area (Å²) in [6.07, 6.45) is 7.40. The Balaban J connectivity index is 1.41. The second-order valence-electron chi connectivity index (χ2n) is 8.18. The third-order valence-corrected chi connectivity index (χ3v) is 5.94. The molecule has 2 atom stereocenters. The van der Waals surface area contributed by atoms with Gasteiger partial charge in [0.05, 0.1) is 6.04 Å². The summed E-state index contributed by atoms with van der Waals surface area (Å²) in [5, 5.41) is 7.45. The molecule has 8 heteroatoms. The van der Waals surface area contributed by atoms with Gasteiger partial charge in [-0.2, -0.15) is 5.10 Å². The molecule has 0 spiro atoms. The average molecular weight is 392 g/mol. The molecule has 1 saturated carbocycles. The molecule has 1 saturated heterocycles. The number of rotatable bonds is 4. The Morgan fingerprint density at radius 1 is 1.14 bits per heavy atom. The summed E-state index contributed by atoms with van der Waals surface area (Å²) in [7, 11) is 1.89. The first-order valence-corrected chi connectivity index (χ1v) is 10.0. The number of aromatic nitrogens is 4. The summed E-state index contributed by atoms with van der Waals surface area (Å²) in [5.74, 6) is 0.128. The van der Waals surface area contributed by atoms with E-state index in [2.05, 4.69) is 15.4 Å². The number of aryl methyl sites for hydroxylation is 2. The molecule has 2 aliphatic rings. The van der Waals surface area contributed by atoms with Crippen molar-refractivity contribution in [3.8, 4) is 0 Å². The molecule has 0 unspecified atom stereocenters. The van der Waals surface area contributed by atoms with Gasteiger partial charge in [-0.1, -0.05) is 6.07 Å². The largest absolute Gasteiger partial charge is 0.351 e. The number of hydrogen-bond acceptors (Lipinski definition) is 4. The predicted molar refractivity (Wildman–Crippen MR) is 106 cm³/mol. The fourth-order valence-electron chi connectivity index (χ4n) is 4.18. The third kappa shape index (κ3) is 3.28. The van der Waals surface area contributed by atoms with Gasteiger partial charge in [-0.05, 0) is 37.5 Å². The number of carbonyl (C=O) groups is 2. The Kier molecular flexibility index (Phi) is 4.15. The van der Waals surface area contributed by atoms with E-state index in [1.807, 2.05) is 47.4 Å². The molecule has 3 aromatic rings. The van der Waals surface area contributed by atoms with Crippen LogP contribution in [0.2, 0.25) is 0 Å². The normalized spacial score (nSPS) is 21.7. The smallest absolute Gasteiger partial charge is 0.274 e. The van der Waals surface area contributed by atoms with Gasteiger partial charge in [0.1, 0.15) is 11.3 Å². The number of hydrogen-bond donors (Lipinski definition) is 1. The van der Waals surface area contributed by atoms with Crippen LogP contribution in [-0.2, 0) is 11.8 Å². The Bertz CT molecular complexity index is 1100. The highest BCUT2D eigenvalue weighted by Gasteiger charge is 2.41. The predicted octanol–water partition coefficient (Wildman–Crippen LogP) is 1.51. The van der Waals surface area contributed by atoms with E-state index in [0.717, 1.165) is 29.7 Å². The molecular weight excluding hydrogens is 368 g/mol. The highest BCUT2D eigenvalue weighted by molar-refractivity contribution is 5.93. The monoisotopic (exact) mass is 392 g/mol. The minimum Gasteiger partial charge on any atom is -0.351 e. The van der Waals surface area contributed by atoms with Crippen molar-refractivity contribution in [3.63, 3.8) is 0 Å². The molecule has 5 rings (SSSR count). The summed E-state index contributed by atoms with van der Waals surface area (Å²) in [6.45, 7) is 3.01. The lowest BCUT2D eigenvalue weighted by Gasteiger charge is -2.19. The molecule has 8 nitrogen and oxygen atoms in total. The Morgan fingerprint density at radius 3 is 2.69 bits per heavy atom. The van der Waals surface area contributed by atoms with Crippen LogP contribution in [0.5, 0.6) is 0 Å². The molecule has 4 heterocycles. The van der Waals surface area contributed by atoms with Crippen molar-refractivity contribution < 1.29 is 9.59 Å². The first-order chi connectivity index (χ1) is 14.0. The van der Waals surface area contributed by atoms with E-state index in [9.17, 15) is 9.59 Å². The molecule has 29 heavy (non-hydrogen) atoms. The van der Waals surface area contributed by atoms with E-state index in [1.54, 1.807) is 17.3 Å². The molecule has 2 fully saturated rings. The fraction of sp³-hybridized carbons (Fsp3) is 0.429. The second-order valence-corrected chi connectivity index (χ2v) is 8.18. The molecule has 0 aromatic carbocycles. The number of amides is 2. The van der Waals surface area contributed by atoms with Gasteiger partial charge in [0, 0.05) is 56.3 Å². The highest BCUT2D eigenvalue weighted by Crippen LogP contribution is 2.32. The Hall–Kier alpha value is -3.16. The lowest BCUT2D eigenvalue weighted by molar-refractivity contribution is -0.123. The zero-order chi connectivity index (χ0) is 20.1. The van der Waals surface area contributed by atoms with Crippen LogP contribution >= 0.6 is 0 Å². The van der Waals surface area contributed by atoms with E-state index in [-0.39, 0.29) is 29.7 Å². The number of fused-ring (bicyclic) bond motifs is 1. The van der Waals surface area contributed by atoms with Crippen molar-refractivity contribution in [1.29, 1.82) is 0 Å². The quantitative estimate of drug-likeness (QED) is 0.729. The van der Waals surface area contributed by atoms with Crippen LogP contribution in [0.3, 0.4) is 0 Å². The highest BCUT2D eigenvalue weighted by atomic mass is 16.2. The Labute approximate surface area is 168 Å². The zero-order valence-corrected chi connectivity index (χ0v) is 16.6. The third-order valence-electron chi connectivity index (χ3n) is 5.94. The first-order valence-electron chi connectivity index (χ1n) is 10.0. The number of likely N-dealkylation sites (tertiary alicyclic amines) is 1. The number of nitrogens with zero attached hydrogens (tertiary/aromatic N) is 5. The SMILES string of the molecule is Cc1ccc2nc(C(=O)N3C[C@@H](NC(=O)C4CC4)[C@H](c4ccnn4C)C3)cn2c1. The Morgan fingerprint density at radius 2 is 1.97 bits per heavy atom. The summed E-state index contributed by atoms with van der Waals surface area (Å²) in [6, 6.07) is 5.73. The molecule has 3 aromatic heterocycles. The average Bonchev–Trinajstić information content (AvgIpc) is 3.13. The topological polar surface area (TPSA) is 84.5 Å². The molecule has 1 aliphatic carbocycles. The number of nitrogens with one attached hydrogen (secondary N) is 1. The molecular formula is C21H24N6O2. The lowest BCUT2D eigenvalue weighted by atomic mass is 9.99. The maximum Gasteiger partial charge on any atom is 0.274 e. The minimum atomic E-state index is -0.123. The van der Waals surface area contributed by atoms with Gasteiger partial charge in [0.15, 0.2) is 0 Å². The lowest BCUT2D eigenvalue weighted by Crippen LogP contribution is -2.41.